The van der Waals surface area contributed by atoms with E-state index in [-0.39, 0.29) is 18.3 Å². The van der Waals surface area contributed by atoms with Crippen LogP contribution in [0.5, 0.6) is 0 Å². The molecule has 0 aliphatic carbocycles. The van der Waals surface area contributed by atoms with E-state index in [0.29, 0.717) is 18.7 Å². The molecule has 0 saturated heterocycles. The van der Waals surface area contributed by atoms with Crippen LogP contribution in [0.25, 0.3) is 0 Å². The average molecular weight is 323 g/mol. The van der Waals surface area contributed by atoms with Gasteiger partial charge in [-0.25, -0.2) is 0 Å². The quantitative estimate of drug-likeness (QED) is 0.802. The summed E-state index contributed by atoms with van der Waals surface area (Å²) in [6, 6.07) is 13.8. The Morgan fingerprint density at radius 1 is 1.10 bits per heavy atom. The first-order valence-electron chi connectivity index (χ1n) is 6.64. The summed E-state index contributed by atoms with van der Waals surface area (Å²) in [5.41, 5.74) is 3.25. The molecule has 0 atom stereocenters. The van der Waals surface area contributed by atoms with Crippen LogP contribution in [-0.2, 0) is 23.5 Å². The summed E-state index contributed by atoms with van der Waals surface area (Å²) in [6.07, 6.45) is 2.95. The standard InChI is InChI=1S/C16H18N2OS.ClH/c19-16(18-11-15-7-3-4-10-17-15)9-8-13-5-1-2-6-14(13)12-20;/h1-7,10,20H,8-9,11-12H2,(H,18,19);1H. The van der Waals surface area contributed by atoms with E-state index < -0.39 is 0 Å². The summed E-state index contributed by atoms with van der Waals surface area (Å²) in [7, 11) is 0. The Balaban J connectivity index is 0.00000220. The van der Waals surface area contributed by atoms with Gasteiger partial charge in [-0.2, -0.15) is 12.6 Å². The summed E-state index contributed by atoms with van der Waals surface area (Å²) < 4.78 is 0. The van der Waals surface area contributed by atoms with Crippen LogP contribution in [0.15, 0.2) is 48.7 Å². The molecule has 5 heteroatoms. The van der Waals surface area contributed by atoms with Crippen LogP contribution in [-0.4, -0.2) is 10.9 Å². The molecular weight excluding hydrogens is 304 g/mol. The summed E-state index contributed by atoms with van der Waals surface area (Å²) in [5, 5.41) is 2.89. The molecule has 3 nitrogen and oxygen atoms in total. The number of carbonyl (C=O) groups is 1. The third-order valence-corrected chi connectivity index (χ3v) is 3.44. The van der Waals surface area contributed by atoms with E-state index in [1.807, 2.05) is 36.4 Å². The summed E-state index contributed by atoms with van der Waals surface area (Å²) >= 11 is 4.30. The lowest BCUT2D eigenvalue weighted by Crippen LogP contribution is -2.23. The fourth-order valence-corrected chi connectivity index (χ4v) is 2.29. The molecule has 112 valence electrons. The molecule has 0 bridgehead atoms. The normalized spacial score (nSPS) is 9.76. The van der Waals surface area contributed by atoms with Gasteiger partial charge in [0.05, 0.1) is 12.2 Å². The van der Waals surface area contributed by atoms with Gasteiger partial charge < -0.3 is 5.32 Å². The SMILES string of the molecule is Cl.O=C(CCc1ccccc1CS)NCc1ccccn1. The monoisotopic (exact) mass is 322 g/mol. The van der Waals surface area contributed by atoms with Crippen LogP contribution in [0.1, 0.15) is 23.2 Å². The van der Waals surface area contributed by atoms with E-state index in [4.69, 9.17) is 0 Å². The molecule has 2 aromatic rings. The van der Waals surface area contributed by atoms with E-state index in [0.717, 1.165) is 12.1 Å². The molecule has 0 fully saturated rings. The van der Waals surface area contributed by atoms with Crippen molar-refractivity contribution in [2.75, 3.05) is 0 Å². The molecule has 1 aromatic carbocycles. The number of rotatable bonds is 6. The van der Waals surface area contributed by atoms with Gasteiger partial charge in [0.25, 0.3) is 0 Å². The lowest BCUT2D eigenvalue weighted by Gasteiger charge is -2.08. The average Bonchev–Trinajstić information content (AvgIpc) is 2.52. The maximum Gasteiger partial charge on any atom is 0.220 e. The minimum absolute atomic E-state index is 0. The van der Waals surface area contributed by atoms with E-state index >= 15 is 0 Å². The van der Waals surface area contributed by atoms with Gasteiger partial charge in [0, 0.05) is 18.4 Å². The summed E-state index contributed by atoms with van der Waals surface area (Å²) in [6.45, 7) is 0.480. The first-order chi connectivity index (χ1) is 9.79. The van der Waals surface area contributed by atoms with Crippen molar-refractivity contribution in [2.45, 2.75) is 25.1 Å². The highest BCUT2D eigenvalue weighted by Crippen LogP contribution is 2.13. The van der Waals surface area contributed by atoms with E-state index in [1.165, 1.54) is 11.1 Å². The Bertz CT molecular complexity index is 563. The number of pyridine rings is 1. The van der Waals surface area contributed by atoms with Gasteiger partial charge in [-0.1, -0.05) is 30.3 Å². The van der Waals surface area contributed by atoms with Gasteiger partial charge >= 0.3 is 0 Å². The number of aromatic nitrogens is 1. The van der Waals surface area contributed by atoms with Crippen LogP contribution in [0, 0.1) is 0 Å². The molecule has 1 N–H and O–H groups in total. The lowest BCUT2D eigenvalue weighted by atomic mass is 10.0. The van der Waals surface area contributed by atoms with Crippen LogP contribution in [0.3, 0.4) is 0 Å². The molecule has 0 saturated carbocycles. The topological polar surface area (TPSA) is 42.0 Å². The number of hydrogen-bond acceptors (Lipinski definition) is 3. The first kappa shape index (κ1) is 17.5. The predicted molar refractivity (Wildman–Crippen MR) is 90.8 cm³/mol. The van der Waals surface area contributed by atoms with Gasteiger partial charge in [-0.3, -0.25) is 9.78 Å². The number of nitrogens with one attached hydrogen (secondary N) is 1. The molecule has 1 amide bonds. The second kappa shape index (κ2) is 9.42. The van der Waals surface area contributed by atoms with Crippen LogP contribution in [0.4, 0.5) is 0 Å². The Labute approximate surface area is 137 Å². The number of amides is 1. The van der Waals surface area contributed by atoms with E-state index in [2.05, 4.69) is 29.0 Å². The molecule has 2 rings (SSSR count). The zero-order valence-corrected chi connectivity index (χ0v) is 13.4. The van der Waals surface area contributed by atoms with Crippen molar-refractivity contribution in [3.63, 3.8) is 0 Å². The molecule has 0 radical (unpaired) electrons. The van der Waals surface area contributed by atoms with Crippen LogP contribution in [0.2, 0.25) is 0 Å². The van der Waals surface area contributed by atoms with E-state index in [9.17, 15) is 4.79 Å². The number of nitrogens with zero attached hydrogens (tertiary/aromatic N) is 1. The smallest absolute Gasteiger partial charge is 0.220 e. The van der Waals surface area contributed by atoms with Gasteiger partial charge in [-0.05, 0) is 29.7 Å². The summed E-state index contributed by atoms with van der Waals surface area (Å²) in [4.78, 5) is 16.0. The molecule has 0 aliphatic rings. The molecule has 21 heavy (non-hydrogen) atoms. The number of hydrogen-bond donors (Lipinski definition) is 2. The molecule has 1 heterocycles. The molecule has 0 unspecified atom stereocenters. The number of benzene rings is 1. The van der Waals surface area contributed by atoms with Gasteiger partial charge in [0.2, 0.25) is 5.91 Å². The van der Waals surface area contributed by atoms with Crippen LogP contribution < -0.4 is 5.32 Å². The Morgan fingerprint density at radius 3 is 2.48 bits per heavy atom. The third kappa shape index (κ3) is 5.78. The molecule has 0 aliphatic heterocycles. The third-order valence-electron chi connectivity index (χ3n) is 3.10. The number of carbonyl (C=O) groups excluding carboxylic acids is 1. The Kier molecular flexibility index (Phi) is 7.87. The Hall–Kier alpha value is -1.52. The molecule has 0 spiro atoms. The highest BCUT2D eigenvalue weighted by molar-refractivity contribution is 7.79. The summed E-state index contributed by atoms with van der Waals surface area (Å²) in [5.74, 6) is 0.746. The first-order valence-corrected chi connectivity index (χ1v) is 7.27. The van der Waals surface area contributed by atoms with Crippen molar-refractivity contribution >= 4 is 30.9 Å². The van der Waals surface area contributed by atoms with Gasteiger partial charge in [-0.15, -0.1) is 12.4 Å². The minimum Gasteiger partial charge on any atom is -0.350 e. The number of thiol groups is 1. The van der Waals surface area contributed by atoms with Crippen molar-refractivity contribution in [1.29, 1.82) is 0 Å². The van der Waals surface area contributed by atoms with Crippen molar-refractivity contribution in [2.24, 2.45) is 0 Å². The van der Waals surface area contributed by atoms with Crippen molar-refractivity contribution in [1.82, 2.24) is 10.3 Å². The van der Waals surface area contributed by atoms with Crippen LogP contribution >= 0.6 is 25.0 Å². The lowest BCUT2D eigenvalue weighted by molar-refractivity contribution is -0.121. The second-order valence-corrected chi connectivity index (χ2v) is 4.84. The highest BCUT2D eigenvalue weighted by Gasteiger charge is 2.05. The maximum absolute atomic E-state index is 11.8. The van der Waals surface area contributed by atoms with Crippen molar-refractivity contribution in [3.05, 3.63) is 65.5 Å². The van der Waals surface area contributed by atoms with Crippen molar-refractivity contribution in [3.8, 4) is 0 Å². The fourth-order valence-electron chi connectivity index (χ4n) is 1.98. The Morgan fingerprint density at radius 2 is 1.81 bits per heavy atom. The zero-order valence-electron chi connectivity index (χ0n) is 11.7. The number of aryl methyl sites for hydroxylation is 1. The van der Waals surface area contributed by atoms with Gasteiger partial charge in [0.1, 0.15) is 0 Å². The van der Waals surface area contributed by atoms with Gasteiger partial charge in [0.15, 0.2) is 0 Å². The number of halogens is 1. The fraction of sp³-hybridized carbons (Fsp3) is 0.250. The van der Waals surface area contributed by atoms with Crippen molar-refractivity contribution < 1.29 is 4.79 Å². The minimum atomic E-state index is 0. The van der Waals surface area contributed by atoms with E-state index in [1.54, 1.807) is 6.20 Å². The molecule has 1 aromatic heterocycles. The maximum atomic E-state index is 11.8. The largest absolute Gasteiger partial charge is 0.350 e. The molecular formula is C16H19ClN2OS. The zero-order chi connectivity index (χ0) is 14.2. The second-order valence-electron chi connectivity index (χ2n) is 4.52. The highest BCUT2D eigenvalue weighted by atomic mass is 35.5. The predicted octanol–water partition coefficient (Wildman–Crippen LogP) is 3.18.